The molecule has 5 heteroatoms. The summed E-state index contributed by atoms with van der Waals surface area (Å²) in [7, 11) is 1.87. The zero-order chi connectivity index (χ0) is 16.6. The second-order valence-electron chi connectivity index (χ2n) is 6.35. The molecule has 0 bridgehead atoms. The highest BCUT2D eigenvalue weighted by atomic mass is 35.5. The molecule has 1 aromatic carbocycles. The standard InChI is InChI=1S/C18H21ClN2O2/c1-12-8-10-14(11-9-12)21-17(22)15(19)16(18(21)23)20(2)13-6-4-3-5-7-13/h8-11,13H,3-7H2,1-2H3. The van der Waals surface area contributed by atoms with Gasteiger partial charge in [0.05, 0.1) is 5.69 Å². The Morgan fingerprint density at radius 1 is 1.04 bits per heavy atom. The van der Waals surface area contributed by atoms with Crippen LogP contribution in [0.15, 0.2) is 35.0 Å². The normalized spacial score (nSPS) is 19.7. The van der Waals surface area contributed by atoms with Crippen molar-refractivity contribution in [2.75, 3.05) is 11.9 Å². The molecular formula is C18H21ClN2O2. The van der Waals surface area contributed by atoms with Gasteiger partial charge in [-0.2, -0.15) is 0 Å². The molecule has 0 radical (unpaired) electrons. The number of nitrogens with zero attached hydrogens (tertiary/aromatic N) is 2. The fraction of sp³-hybridized carbons (Fsp3) is 0.444. The Morgan fingerprint density at radius 2 is 1.65 bits per heavy atom. The van der Waals surface area contributed by atoms with E-state index in [9.17, 15) is 9.59 Å². The average molecular weight is 333 g/mol. The molecule has 0 aromatic heterocycles. The van der Waals surface area contributed by atoms with Crippen molar-refractivity contribution in [1.29, 1.82) is 0 Å². The molecule has 122 valence electrons. The van der Waals surface area contributed by atoms with Crippen LogP contribution in [0.3, 0.4) is 0 Å². The van der Waals surface area contributed by atoms with Crippen LogP contribution in [-0.4, -0.2) is 29.8 Å². The average Bonchev–Trinajstić information content (AvgIpc) is 2.78. The first-order valence-electron chi connectivity index (χ1n) is 8.08. The topological polar surface area (TPSA) is 40.6 Å². The molecule has 2 amide bonds. The van der Waals surface area contributed by atoms with E-state index in [2.05, 4.69) is 0 Å². The lowest BCUT2D eigenvalue weighted by Crippen LogP contribution is -2.38. The lowest BCUT2D eigenvalue weighted by Gasteiger charge is -2.33. The summed E-state index contributed by atoms with van der Waals surface area (Å²) in [6.45, 7) is 1.96. The van der Waals surface area contributed by atoms with Crippen molar-refractivity contribution >= 4 is 29.1 Å². The number of benzene rings is 1. The van der Waals surface area contributed by atoms with Crippen molar-refractivity contribution in [2.45, 2.75) is 45.1 Å². The molecule has 0 N–H and O–H groups in total. The second kappa shape index (κ2) is 6.36. The second-order valence-corrected chi connectivity index (χ2v) is 6.72. The van der Waals surface area contributed by atoms with Crippen molar-refractivity contribution in [3.8, 4) is 0 Å². The van der Waals surface area contributed by atoms with Crippen molar-refractivity contribution in [1.82, 2.24) is 4.90 Å². The molecule has 2 aliphatic rings. The maximum absolute atomic E-state index is 12.8. The van der Waals surface area contributed by atoms with Crippen LogP contribution in [0.4, 0.5) is 5.69 Å². The third-order valence-corrected chi connectivity index (χ3v) is 5.11. The van der Waals surface area contributed by atoms with E-state index >= 15 is 0 Å². The zero-order valence-electron chi connectivity index (χ0n) is 13.5. The molecule has 1 aromatic rings. The van der Waals surface area contributed by atoms with Crippen LogP contribution in [0.1, 0.15) is 37.7 Å². The van der Waals surface area contributed by atoms with Gasteiger partial charge in [-0.3, -0.25) is 9.59 Å². The zero-order valence-corrected chi connectivity index (χ0v) is 14.3. The van der Waals surface area contributed by atoms with E-state index in [1.807, 2.05) is 31.0 Å². The van der Waals surface area contributed by atoms with E-state index in [1.54, 1.807) is 12.1 Å². The van der Waals surface area contributed by atoms with Crippen LogP contribution in [0.5, 0.6) is 0 Å². The predicted molar refractivity (Wildman–Crippen MR) is 91.2 cm³/mol. The summed E-state index contributed by atoms with van der Waals surface area (Å²) in [5.74, 6) is -0.755. The third kappa shape index (κ3) is 2.88. The Morgan fingerprint density at radius 3 is 2.26 bits per heavy atom. The van der Waals surface area contributed by atoms with Gasteiger partial charge in [0.1, 0.15) is 10.7 Å². The molecular weight excluding hydrogens is 312 g/mol. The lowest BCUT2D eigenvalue weighted by molar-refractivity contribution is -0.121. The Balaban J connectivity index is 1.88. The number of hydrogen-bond acceptors (Lipinski definition) is 3. The number of halogens is 1. The van der Waals surface area contributed by atoms with E-state index in [0.29, 0.717) is 11.4 Å². The Kier molecular flexibility index (Phi) is 4.44. The number of hydrogen-bond donors (Lipinski definition) is 0. The number of rotatable bonds is 3. The van der Waals surface area contributed by atoms with E-state index in [-0.39, 0.29) is 17.0 Å². The predicted octanol–water partition coefficient (Wildman–Crippen LogP) is 3.58. The number of aryl methyl sites for hydroxylation is 1. The summed E-state index contributed by atoms with van der Waals surface area (Å²) in [6, 6.07) is 7.60. The van der Waals surface area contributed by atoms with Gasteiger partial charge in [0, 0.05) is 13.1 Å². The highest BCUT2D eigenvalue weighted by Crippen LogP contribution is 2.34. The van der Waals surface area contributed by atoms with Gasteiger partial charge < -0.3 is 4.90 Å². The maximum atomic E-state index is 12.8. The first-order chi connectivity index (χ1) is 11.0. The van der Waals surface area contributed by atoms with Gasteiger partial charge in [0.2, 0.25) is 0 Å². The molecule has 1 aliphatic heterocycles. The third-order valence-electron chi connectivity index (χ3n) is 4.77. The Labute approximate surface area is 141 Å². The fourth-order valence-corrected chi connectivity index (χ4v) is 3.68. The van der Waals surface area contributed by atoms with Crippen molar-refractivity contribution in [3.63, 3.8) is 0 Å². The minimum Gasteiger partial charge on any atom is -0.366 e. The fourth-order valence-electron chi connectivity index (χ4n) is 3.38. The summed E-state index contributed by atoms with van der Waals surface area (Å²) < 4.78 is 0. The van der Waals surface area contributed by atoms with Gasteiger partial charge in [0.25, 0.3) is 11.8 Å². The number of imide groups is 1. The summed E-state index contributed by atoms with van der Waals surface area (Å²) in [4.78, 5) is 28.4. The molecule has 23 heavy (non-hydrogen) atoms. The molecule has 4 nitrogen and oxygen atoms in total. The van der Waals surface area contributed by atoms with Crippen LogP contribution in [-0.2, 0) is 9.59 Å². The Bertz CT molecular complexity index is 660. The van der Waals surface area contributed by atoms with E-state index in [1.165, 1.54) is 11.3 Å². The van der Waals surface area contributed by atoms with Gasteiger partial charge in [0.15, 0.2) is 0 Å². The minimum atomic E-state index is -0.432. The molecule has 3 rings (SSSR count). The van der Waals surface area contributed by atoms with Gasteiger partial charge in [-0.15, -0.1) is 0 Å². The maximum Gasteiger partial charge on any atom is 0.283 e. The summed E-state index contributed by atoms with van der Waals surface area (Å²) in [5.41, 5.74) is 1.98. The van der Waals surface area contributed by atoms with Gasteiger partial charge in [-0.05, 0) is 31.9 Å². The van der Waals surface area contributed by atoms with Crippen LogP contribution < -0.4 is 4.90 Å². The van der Waals surface area contributed by atoms with Crippen LogP contribution in [0.25, 0.3) is 0 Å². The number of amides is 2. The number of likely N-dealkylation sites (N-methyl/N-ethyl adjacent to an activating group) is 1. The molecule has 0 spiro atoms. The van der Waals surface area contributed by atoms with Crippen molar-refractivity contribution < 1.29 is 9.59 Å². The van der Waals surface area contributed by atoms with Crippen LogP contribution in [0, 0.1) is 6.92 Å². The van der Waals surface area contributed by atoms with Gasteiger partial charge in [-0.1, -0.05) is 48.6 Å². The smallest absolute Gasteiger partial charge is 0.283 e. The van der Waals surface area contributed by atoms with Crippen LogP contribution >= 0.6 is 11.6 Å². The SMILES string of the molecule is Cc1ccc(N2C(=O)C(Cl)=C(N(C)C3CCCCC3)C2=O)cc1. The van der Waals surface area contributed by atoms with Crippen molar-refractivity contribution in [2.24, 2.45) is 0 Å². The van der Waals surface area contributed by atoms with E-state index in [4.69, 9.17) is 11.6 Å². The number of carbonyl (C=O) groups is 2. The molecule has 1 aliphatic carbocycles. The summed E-state index contributed by atoms with van der Waals surface area (Å²) >= 11 is 6.24. The van der Waals surface area contributed by atoms with Crippen LogP contribution in [0.2, 0.25) is 0 Å². The highest BCUT2D eigenvalue weighted by molar-refractivity contribution is 6.52. The minimum absolute atomic E-state index is 0.0312. The van der Waals surface area contributed by atoms with Gasteiger partial charge >= 0.3 is 0 Å². The quantitative estimate of drug-likeness (QED) is 0.794. The summed E-state index contributed by atoms with van der Waals surface area (Å²) in [5, 5.41) is 0.0312. The molecule has 1 saturated carbocycles. The number of carbonyl (C=O) groups excluding carboxylic acids is 2. The molecule has 0 saturated heterocycles. The highest BCUT2D eigenvalue weighted by Gasteiger charge is 2.41. The van der Waals surface area contributed by atoms with Gasteiger partial charge in [-0.25, -0.2) is 4.90 Å². The first-order valence-corrected chi connectivity index (χ1v) is 8.46. The first kappa shape index (κ1) is 16.1. The summed E-state index contributed by atoms with van der Waals surface area (Å²) in [6.07, 6.45) is 5.62. The molecule has 1 heterocycles. The monoisotopic (exact) mass is 332 g/mol. The Hall–Kier alpha value is -1.81. The van der Waals surface area contributed by atoms with E-state index in [0.717, 1.165) is 31.2 Å². The lowest BCUT2D eigenvalue weighted by atomic mass is 9.94. The van der Waals surface area contributed by atoms with E-state index < -0.39 is 5.91 Å². The van der Waals surface area contributed by atoms with Crippen molar-refractivity contribution in [3.05, 3.63) is 40.6 Å². The molecule has 0 atom stereocenters. The largest absolute Gasteiger partial charge is 0.366 e. The molecule has 0 unspecified atom stereocenters. The number of anilines is 1. The molecule has 1 fully saturated rings.